The molecule has 3 heterocycles. The second-order valence-corrected chi connectivity index (χ2v) is 13.8. The summed E-state index contributed by atoms with van der Waals surface area (Å²) in [4.78, 5) is 66.8. The van der Waals surface area contributed by atoms with Gasteiger partial charge in [-0.15, -0.1) is 0 Å². The summed E-state index contributed by atoms with van der Waals surface area (Å²) >= 11 is 11.8. The Morgan fingerprint density at radius 2 is 1.47 bits per heavy atom. The van der Waals surface area contributed by atoms with Gasteiger partial charge >= 0.3 is 0 Å². The van der Waals surface area contributed by atoms with Gasteiger partial charge in [0.15, 0.2) is 0 Å². The molecule has 1 aliphatic carbocycles. The molecule has 0 radical (unpaired) electrons. The largest absolute Gasteiger partial charge is 0.330 e. The molecule has 3 N–H and O–H groups in total. The summed E-state index contributed by atoms with van der Waals surface area (Å²) in [5, 5.41) is 5.29. The van der Waals surface area contributed by atoms with Crippen molar-refractivity contribution in [2.24, 2.45) is 5.73 Å². The Kier molecular flexibility index (Phi) is 14.2. The number of benzene rings is 3. The van der Waals surface area contributed by atoms with Crippen LogP contribution in [-0.2, 0) is 14.4 Å². The third-order valence-electron chi connectivity index (χ3n) is 8.27. The van der Waals surface area contributed by atoms with E-state index in [0.29, 0.717) is 40.7 Å². The van der Waals surface area contributed by atoms with Gasteiger partial charge in [-0.3, -0.25) is 24.0 Å². The zero-order valence-electron chi connectivity index (χ0n) is 29.4. The first-order chi connectivity index (χ1) is 24.3. The zero-order chi connectivity index (χ0) is 37.2. The molecule has 0 bridgehead atoms. The number of rotatable bonds is 7. The molecule has 2 aliphatic heterocycles. The molecule has 7 rings (SSSR count). The fourth-order valence-corrected chi connectivity index (χ4v) is 6.15. The first kappa shape index (κ1) is 39.5. The van der Waals surface area contributed by atoms with Crippen molar-refractivity contribution in [1.82, 2.24) is 14.8 Å². The number of fused-ring (bicyclic) bond motifs is 3. The molecular weight excluding hydrogens is 691 g/mol. The molecule has 1 saturated carbocycles. The van der Waals surface area contributed by atoms with Crippen molar-refractivity contribution in [3.05, 3.63) is 75.8 Å². The highest BCUT2D eigenvalue weighted by molar-refractivity contribution is 6.52. The summed E-state index contributed by atoms with van der Waals surface area (Å²) in [6.45, 7) is 3.56. The SMILES string of the molecule is CN(C)CCCN.CN(C)CCCN1C(=O)c2c3cc(Cl)ccc3nc3cccc1c23.O=C1CCCC(=O)C1.O=C1Nc2ccc(Cl)cc2C1=O. The summed E-state index contributed by atoms with van der Waals surface area (Å²) in [7, 11) is 8.19. The average molecular weight is 736 g/mol. The molecule has 270 valence electrons. The predicted octanol–water partition coefficient (Wildman–Crippen LogP) is 6.02. The highest BCUT2D eigenvalue weighted by atomic mass is 35.5. The number of carbonyl (C=O) groups excluding carboxylic acids is 5. The van der Waals surface area contributed by atoms with E-state index in [1.807, 2.05) is 55.4 Å². The van der Waals surface area contributed by atoms with Crippen molar-refractivity contribution < 1.29 is 24.0 Å². The van der Waals surface area contributed by atoms with Crippen molar-refractivity contribution in [2.75, 3.05) is 64.6 Å². The second kappa shape index (κ2) is 18.3. The number of nitrogens with one attached hydrogen (secondary N) is 1. The minimum Gasteiger partial charge on any atom is -0.330 e. The molecular formula is C38H44Cl2N6O5. The fraction of sp³-hybridized carbons (Fsp3) is 0.368. The van der Waals surface area contributed by atoms with Gasteiger partial charge in [-0.2, -0.15) is 0 Å². The van der Waals surface area contributed by atoms with Gasteiger partial charge in [0, 0.05) is 40.2 Å². The number of ketones is 3. The number of nitrogens with zero attached hydrogens (tertiary/aromatic N) is 4. The smallest absolute Gasteiger partial charge is 0.296 e. The van der Waals surface area contributed by atoms with E-state index >= 15 is 0 Å². The number of pyridine rings is 1. The van der Waals surface area contributed by atoms with Crippen LogP contribution in [0.2, 0.25) is 10.0 Å². The number of hydrogen-bond donors (Lipinski definition) is 2. The highest BCUT2D eigenvalue weighted by Gasteiger charge is 2.32. The molecule has 51 heavy (non-hydrogen) atoms. The molecule has 13 heteroatoms. The maximum Gasteiger partial charge on any atom is 0.296 e. The summed E-state index contributed by atoms with van der Waals surface area (Å²) < 4.78 is 0. The maximum atomic E-state index is 13.1. The highest BCUT2D eigenvalue weighted by Crippen LogP contribution is 2.40. The first-order valence-corrected chi connectivity index (χ1v) is 17.6. The van der Waals surface area contributed by atoms with Crippen LogP contribution in [0.25, 0.3) is 21.8 Å². The van der Waals surface area contributed by atoms with Crippen molar-refractivity contribution in [1.29, 1.82) is 0 Å². The van der Waals surface area contributed by atoms with Gasteiger partial charge in [0.1, 0.15) is 11.6 Å². The van der Waals surface area contributed by atoms with Crippen LogP contribution in [0.1, 0.15) is 59.2 Å². The Morgan fingerprint density at radius 1 is 0.824 bits per heavy atom. The van der Waals surface area contributed by atoms with Crippen molar-refractivity contribution >= 4 is 85.5 Å². The van der Waals surface area contributed by atoms with E-state index in [2.05, 4.69) is 29.2 Å². The lowest BCUT2D eigenvalue weighted by Crippen LogP contribution is -2.30. The van der Waals surface area contributed by atoms with Crippen LogP contribution < -0.4 is 16.0 Å². The van der Waals surface area contributed by atoms with Gasteiger partial charge in [0.25, 0.3) is 17.6 Å². The lowest BCUT2D eigenvalue weighted by atomic mass is 9.98. The minimum atomic E-state index is -0.590. The van der Waals surface area contributed by atoms with Crippen LogP contribution in [0.15, 0.2) is 54.6 Å². The standard InChI is InChI=1S/C19H18ClN3O.C8H4ClNO2.C6H8O2.C5H14N2/c1-22(2)9-4-10-23-16-6-3-5-15-18(16)17(19(23)24)13-11-12(20)7-8-14(13)21-15;9-4-1-2-6-5(3-4)7(11)8(12)10-6;7-5-2-1-3-6(8)4-5;1-7(2)5-3-4-6/h3,5-8,11H,4,9-10H2,1-2H3;1-3H,(H,10,11,12);1-4H2;3-6H2,1-2H3. The third-order valence-corrected chi connectivity index (χ3v) is 8.74. The second-order valence-electron chi connectivity index (χ2n) is 13.0. The van der Waals surface area contributed by atoms with E-state index in [-0.39, 0.29) is 23.9 Å². The normalized spacial score (nSPS) is 14.6. The number of Topliss-reactive ketones (excluding diaryl/α,β-unsaturated/α-hetero) is 3. The lowest BCUT2D eigenvalue weighted by Gasteiger charge is -2.19. The number of halogens is 2. The van der Waals surface area contributed by atoms with Crippen LogP contribution >= 0.6 is 23.2 Å². The monoisotopic (exact) mass is 734 g/mol. The van der Waals surface area contributed by atoms with Crippen molar-refractivity contribution in [3.63, 3.8) is 0 Å². The van der Waals surface area contributed by atoms with Crippen molar-refractivity contribution in [2.45, 2.75) is 38.5 Å². The van der Waals surface area contributed by atoms with E-state index in [0.717, 1.165) is 72.0 Å². The Hall–Kier alpha value is -4.26. The zero-order valence-corrected chi connectivity index (χ0v) is 30.9. The Balaban J connectivity index is 0.000000179. The van der Waals surface area contributed by atoms with E-state index in [4.69, 9.17) is 33.9 Å². The number of anilines is 2. The molecule has 1 aromatic heterocycles. The van der Waals surface area contributed by atoms with E-state index < -0.39 is 11.7 Å². The Morgan fingerprint density at radius 3 is 2.08 bits per heavy atom. The summed E-state index contributed by atoms with van der Waals surface area (Å²) in [5.41, 5.74) is 9.50. The molecule has 0 spiro atoms. The number of carbonyl (C=O) groups is 5. The van der Waals surface area contributed by atoms with Crippen LogP contribution in [0.3, 0.4) is 0 Å². The Labute approximate surface area is 308 Å². The first-order valence-electron chi connectivity index (χ1n) is 16.8. The van der Waals surface area contributed by atoms with Gasteiger partial charge < -0.3 is 25.8 Å². The molecule has 2 amide bonds. The van der Waals surface area contributed by atoms with Gasteiger partial charge in [-0.05, 0) is 116 Å². The number of aromatic nitrogens is 1. The number of nitrogens with two attached hydrogens (primary N) is 1. The van der Waals surface area contributed by atoms with E-state index in [1.165, 1.54) is 6.07 Å². The summed E-state index contributed by atoms with van der Waals surface area (Å²) in [6, 6.07) is 16.2. The van der Waals surface area contributed by atoms with Gasteiger partial charge in [0.2, 0.25) is 0 Å². The lowest BCUT2D eigenvalue weighted by molar-refractivity contribution is -0.129. The topological polar surface area (TPSA) is 146 Å². The predicted molar refractivity (Wildman–Crippen MR) is 204 cm³/mol. The van der Waals surface area contributed by atoms with Crippen LogP contribution in [0, 0.1) is 0 Å². The number of amides is 2. The molecule has 4 aromatic rings. The summed E-state index contributed by atoms with van der Waals surface area (Å²) in [6.07, 6.45) is 4.23. The number of hydrogen-bond acceptors (Lipinski definition) is 9. The molecule has 0 unspecified atom stereocenters. The van der Waals surface area contributed by atoms with Gasteiger partial charge in [-0.25, -0.2) is 4.98 Å². The van der Waals surface area contributed by atoms with Crippen LogP contribution in [-0.4, -0.2) is 98.3 Å². The van der Waals surface area contributed by atoms with Crippen LogP contribution in [0.5, 0.6) is 0 Å². The third kappa shape index (κ3) is 10.4. The molecule has 0 saturated heterocycles. The average Bonchev–Trinajstić information content (AvgIpc) is 3.53. The van der Waals surface area contributed by atoms with E-state index in [1.54, 1.807) is 12.1 Å². The van der Waals surface area contributed by atoms with Crippen LogP contribution in [0.4, 0.5) is 11.4 Å². The molecule has 1 fully saturated rings. The Bertz CT molecular complexity index is 1930. The maximum absolute atomic E-state index is 13.1. The van der Waals surface area contributed by atoms with Gasteiger partial charge in [-0.1, -0.05) is 29.3 Å². The quantitative estimate of drug-likeness (QED) is 0.132. The molecule has 0 atom stereocenters. The molecule has 11 nitrogen and oxygen atoms in total. The van der Waals surface area contributed by atoms with Gasteiger partial charge in [0.05, 0.1) is 40.0 Å². The summed E-state index contributed by atoms with van der Waals surface area (Å²) in [5.74, 6) is -0.836. The molecule has 3 aliphatic rings. The minimum absolute atomic E-state index is 0.0506. The fourth-order valence-electron chi connectivity index (χ4n) is 5.81. The molecule has 3 aromatic carbocycles. The van der Waals surface area contributed by atoms with Crippen molar-refractivity contribution in [3.8, 4) is 0 Å². The van der Waals surface area contributed by atoms with E-state index in [9.17, 15) is 24.0 Å².